The zero-order chi connectivity index (χ0) is 14.5. The molecule has 1 aromatic carbocycles. The summed E-state index contributed by atoms with van der Waals surface area (Å²) >= 11 is 0. The number of aromatic nitrogens is 2. The molecule has 0 radical (unpaired) electrons. The maximum atomic E-state index is 5.72. The predicted molar refractivity (Wildman–Crippen MR) is 84.5 cm³/mol. The number of nitrogens with zero attached hydrogens (tertiary/aromatic N) is 3. The average Bonchev–Trinajstić information content (AvgIpc) is 2.57. The van der Waals surface area contributed by atoms with Crippen LogP contribution in [-0.4, -0.2) is 29.7 Å². The zero-order valence-electron chi connectivity index (χ0n) is 12.2. The predicted octanol–water partition coefficient (Wildman–Crippen LogP) is 3.17. The van der Waals surface area contributed by atoms with E-state index in [2.05, 4.69) is 33.1 Å². The summed E-state index contributed by atoms with van der Waals surface area (Å²) in [6.45, 7) is 4.51. The molecule has 0 saturated carbocycles. The van der Waals surface area contributed by atoms with Gasteiger partial charge in [0, 0.05) is 31.0 Å². The van der Waals surface area contributed by atoms with Crippen LogP contribution in [0.4, 0.5) is 5.82 Å². The molecule has 0 atom stereocenters. The summed E-state index contributed by atoms with van der Waals surface area (Å²) in [5.41, 5.74) is 2.55. The van der Waals surface area contributed by atoms with Crippen molar-refractivity contribution in [1.82, 2.24) is 9.97 Å². The van der Waals surface area contributed by atoms with E-state index >= 15 is 0 Å². The first-order valence-corrected chi connectivity index (χ1v) is 7.30. The van der Waals surface area contributed by atoms with Crippen LogP contribution >= 0.6 is 0 Å². The second-order valence-electron chi connectivity index (χ2n) is 4.92. The van der Waals surface area contributed by atoms with E-state index < -0.39 is 0 Å². The fraction of sp³-hybridized carbons (Fsp3) is 0.294. The lowest BCUT2D eigenvalue weighted by Gasteiger charge is -2.27. The quantitative estimate of drug-likeness (QED) is 0.863. The maximum Gasteiger partial charge on any atom is 0.147 e. The summed E-state index contributed by atoms with van der Waals surface area (Å²) in [5.74, 6) is 1.91. The van der Waals surface area contributed by atoms with E-state index in [4.69, 9.17) is 4.74 Å². The minimum Gasteiger partial charge on any atom is -0.493 e. The Balaban J connectivity index is 1.79. The maximum absolute atomic E-state index is 5.72. The van der Waals surface area contributed by atoms with Crippen molar-refractivity contribution >= 4 is 11.4 Å². The van der Waals surface area contributed by atoms with Gasteiger partial charge in [-0.2, -0.15) is 0 Å². The van der Waals surface area contributed by atoms with Crippen LogP contribution in [0, 0.1) is 0 Å². The minimum atomic E-state index is 0.690. The number of hydrogen-bond donors (Lipinski definition) is 0. The minimum absolute atomic E-state index is 0.690. The number of rotatable bonds is 4. The lowest BCUT2D eigenvalue weighted by Crippen LogP contribution is -2.29. The molecule has 108 valence electrons. The van der Waals surface area contributed by atoms with Crippen LogP contribution in [0.2, 0.25) is 0 Å². The van der Waals surface area contributed by atoms with Crippen LogP contribution in [-0.2, 0) is 0 Å². The topological polar surface area (TPSA) is 38.2 Å². The SMILES string of the molecule is CCOc1ccccc1C1=CCN(c2cnccn2)CC1. The molecular weight excluding hydrogens is 262 g/mol. The Morgan fingerprint density at radius 2 is 2.14 bits per heavy atom. The van der Waals surface area contributed by atoms with Crippen LogP contribution in [0.25, 0.3) is 5.57 Å². The van der Waals surface area contributed by atoms with E-state index in [-0.39, 0.29) is 0 Å². The van der Waals surface area contributed by atoms with E-state index in [1.54, 1.807) is 12.4 Å². The van der Waals surface area contributed by atoms with Crippen LogP contribution in [0.5, 0.6) is 5.75 Å². The van der Waals surface area contributed by atoms with Gasteiger partial charge >= 0.3 is 0 Å². The fourth-order valence-electron chi connectivity index (χ4n) is 2.59. The van der Waals surface area contributed by atoms with Crippen molar-refractivity contribution in [3.63, 3.8) is 0 Å². The molecule has 1 aromatic heterocycles. The molecule has 1 aliphatic rings. The van der Waals surface area contributed by atoms with Gasteiger partial charge in [0.2, 0.25) is 0 Å². The summed E-state index contributed by atoms with van der Waals surface area (Å²) in [6, 6.07) is 8.25. The number of benzene rings is 1. The first-order valence-electron chi connectivity index (χ1n) is 7.30. The first-order chi connectivity index (χ1) is 10.4. The Bertz CT molecular complexity index is 625. The fourth-order valence-corrected chi connectivity index (χ4v) is 2.59. The molecule has 2 aromatic rings. The van der Waals surface area contributed by atoms with Crippen molar-refractivity contribution in [2.24, 2.45) is 0 Å². The molecule has 3 rings (SSSR count). The normalized spacial score (nSPS) is 14.7. The summed E-state index contributed by atoms with van der Waals surface area (Å²) in [7, 11) is 0. The van der Waals surface area contributed by atoms with Crippen molar-refractivity contribution in [1.29, 1.82) is 0 Å². The van der Waals surface area contributed by atoms with Gasteiger partial charge in [-0.1, -0.05) is 24.3 Å². The van der Waals surface area contributed by atoms with Gasteiger partial charge in [-0.25, -0.2) is 4.98 Å². The third-order valence-electron chi connectivity index (χ3n) is 3.62. The highest BCUT2D eigenvalue weighted by Crippen LogP contribution is 2.30. The molecule has 1 aliphatic heterocycles. The highest BCUT2D eigenvalue weighted by Gasteiger charge is 2.16. The van der Waals surface area contributed by atoms with Crippen molar-refractivity contribution in [2.75, 3.05) is 24.6 Å². The van der Waals surface area contributed by atoms with Crippen LogP contribution in [0.1, 0.15) is 18.9 Å². The van der Waals surface area contributed by atoms with E-state index in [1.807, 2.05) is 25.3 Å². The lowest BCUT2D eigenvalue weighted by molar-refractivity contribution is 0.339. The van der Waals surface area contributed by atoms with Gasteiger partial charge in [-0.3, -0.25) is 4.98 Å². The highest BCUT2D eigenvalue weighted by molar-refractivity contribution is 5.72. The Labute approximate surface area is 125 Å². The molecule has 0 spiro atoms. The first kappa shape index (κ1) is 13.6. The molecule has 0 fully saturated rings. The van der Waals surface area contributed by atoms with Gasteiger partial charge in [0.15, 0.2) is 0 Å². The number of hydrogen-bond acceptors (Lipinski definition) is 4. The van der Waals surface area contributed by atoms with Gasteiger partial charge in [0.1, 0.15) is 11.6 Å². The van der Waals surface area contributed by atoms with Crippen molar-refractivity contribution < 1.29 is 4.74 Å². The molecule has 0 amide bonds. The summed E-state index contributed by atoms with van der Waals surface area (Å²) in [5, 5.41) is 0. The van der Waals surface area contributed by atoms with Crippen LogP contribution in [0.3, 0.4) is 0 Å². The molecule has 4 heteroatoms. The molecule has 2 heterocycles. The van der Waals surface area contributed by atoms with E-state index in [1.165, 1.54) is 11.1 Å². The molecule has 21 heavy (non-hydrogen) atoms. The number of anilines is 1. The van der Waals surface area contributed by atoms with E-state index in [0.717, 1.165) is 31.1 Å². The smallest absolute Gasteiger partial charge is 0.147 e. The molecule has 4 nitrogen and oxygen atoms in total. The number of ether oxygens (including phenoxy) is 1. The monoisotopic (exact) mass is 281 g/mol. The van der Waals surface area contributed by atoms with Gasteiger partial charge in [0.05, 0.1) is 12.8 Å². The van der Waals surface area contributed by atoms with Crippen LogP contribution < -0.4 is 9.64 Å². The lowest BCUT2D eigenvalue weighted by atomic mass is 9.98. The largest absolute Gasteiger partial charge is 0.493 e. The second kappa shape index (κ2) is 6.39. The van der Waals surface area contributed by atoms with Gasteiger partial charge in [-0.05, 0) is 25.0 Å². The molecule has 0 saturated heterocycles. The third-order valence-corrected chi connectivity index (χ3v) is 3.62. The molecule has 0 bridgehead atoms. The van der Waals surface area contributed by atoms with Gasteiger partial charge in [-0.15, -0.1) is 0 Å². The molecule has 0 unspecified atom stereocenters. The summed E-state index contributed by atoms with van der Waals surface area (Å²) in [4.78, 5) is 10.7. The Morgan fingerprint density at radius 3 is 2.86 bits per heavy atom. The summed E-state index contributed by atoms with van der Waals surface area (Å²) < 4.78 is 5.72. The number of para-hydroxylation sites is 1. The molecular formula is C17H19N3O. The zero-order valence-corrected chi connectivity index (χ0v) is 12.2. The standard InChI is InChI=1S/C17H19N3O/c1-2-21-16-6-4-3-5-15(16)14-7-11-20(12-8-14)17-13-18-9-10-19-17/h3-7,9-10,13H,2,8,11-12H2,1H3. The van der Waals surface area contributed by atoms with Gasteiger partial charge < -0.3 is 9.64 Å². The van der Waals surface area contributed by atoms with Crippen molar-refractivity contribution in [3.05, 3.63) is 54.5 Å². The van der Waals surface area contributed by atoms with Gasteiger partial charge in [0.25, 0.3) is 0 Å². The third kappa shape index (κ3) is 3.05. The van der Waals surface area contributed by atoms with Crippen molar-refractivity contribution in [2.45, 2.75) is 13.3 Å². The Hall–Kier alpha value is -2.36. The Kier molecular flexibility index (Phi) is 4.15. The van der Waals surface area contributed by atoms with E-state index in [0.29, 0.717) is 6.61 Å². The second-order valence-corrected chi connectivity index (χ2v) is 4.92. The van der Waals surface area contributed by atoms with Crippen molar-refractivity contribution in [3.8, 4) is 5.75 Å². The Morgan fingerprint density at radius 1 is 1.24 bits per heavy atom. The molecule has 0 aliphatic carbocycles. The molecule has 0 N–H and O–H groups in total. The summed E-state index contributed by atoms with van der Waals surface area (Å²) in [6.07, 6.45) is 8.50. The highest BCUT2D eigenvalue weighted by atomic mass is 16.5. The van der Waals surface area contributed by atoms with E-state index in [9.17, 15) is 0 Å². The average molecular weight is 281 g/mol. The van der Waals surface area contributed by atoms with Crippen LogP contribution in [0.15, 0.2) is 48.9 Å².